The van der Waals surface area contributed by atoms with Gasteiger partial charge >= 0.3 is 5.69 Å². The van der Waals surface area contributed by atoms with E-state index in [-0.39, 0.29) is 30.5 Å². The van der Waals surface area contributed by atoms with Crippen LogP contribution in [0.1, 0.15) is 18.5 Å². The largest absolute Gasteiger partial charge is 0.368 e. The van der Waals surface area contributed by atoms with Crippen molar-refractivity contribution in [2.24, 2.45) is 5.92 Å². The zero-order chi connectivity index (χ0) is 23.8. The van der Waals surface area contributed by atoms with E-state index >= 15 is 0 Å². The monoisotopic (exact) mass is 479 g/mol. The molecule has 1 aromatic carbocycles. The van der Waals surface area contributed by atoms with Crippen LogP contribution < -0.4 is 16.1 Å². The van der Waals surface area contributed by atoms with Gasteiger partial charge in [0.15, 0.2) is 4.90 Å². The summed E-state index contributed by atoms with van der Waals surface area (Å²) in [5.74, 6) is -0.919. The van der Waals surface area contributed by atoms with Gasteiger partial charge in [-0.2, -0.15) is 4.31 Å². The molecule has 2 aromatic rings. The molecule has 0 unspecified atom stereocenters. The summed E-state index contributed by atoms with van der Waals surface area (Å²) in [5.41, 5.74) is -0.890. The standard InChI is InChI=1S/C21H26FN5O5S/c1-14-18(19(28)24-21(30)23-14)33(31,32)27-8-2-3-15(13-27)20(29)26-11-9-25(10-12-26)17-6-4-16(22)5-7-17/h4-7,15H,2-3,8-13H2,1H3,(H2,23,24,28,30)/t15-/m0/s1. The van der Waals surface area contributed by atoms with Crippen LogP contribution >= 0.6 is 0 Å². The maximum Gasteiger partial charge on any atom is 0.325 e. The number of aromatic amines is 2. The van der Waals surface area contributed by atoms with E-state index in [2.05, 4.69) is 9.88 Å². The molecule has 1 atom stereocenters. The van der Waals surface area contributed by atoms with E-state index < -0.39 is 32.1 Å². The lowest BCUT2D eigenvalue weighted by atomic mass is 9.97. The third-order valence-corrected chi connectivity index (χ3v) is 8.21. The highest BCUT2D eigenvalue weighted by Crippen LogP contribution is 2.25. The summed E-state index contributed by atoms with van der Waals surface area (Å²) in [6.07, 6.45) is 1.05. The van der Waals surface area contributed by atoms with Crippen LogP contribution in [0.3, 0.4) is 0 Å². The van der Waals surface area contributed by atoms with Crippen LogP contribution in [0.5, 0.6) is 0 Å². The average Bonchev–Trinajstić information content (AvgIpc) is 2.78. The molecule has 1 amide bonds. The number of hydrogen-bond donors (Lipinski definition) is 2. The Labute approximate surface area is 190 Å². The maximum absolute atomic E-state index is 13.2. The maximum atomic E-state index is 13.2. The molecular weight excluding hydrogens is 453 g/mol. The third-order valence-electron chi connectivity index (χ3n) is 6.19. The van der Waals surface area contributed by atoms with Crippen LogP contribution in [0.15, 0.2) is 38.8 Å². The molecule has 2 fully saturated rings. The number of carbonyl (C=O) groups excluding carboxylic acids is 1. The van der Waals surface area contributed by atoms with E-state index in [0.717, 1.165) is 9.99 Å². The lowest BCUT2D eigenvalue weighted by molar-refractivity contribution is -0.137. The number of rotatable bonds is 4. The molecule has 33 heavy (non-hydrogen) atoms. The Balaban J connectivity index is 1.43. The normalized spacial score (nSPS) is 20.1. The Morgan fingerprint density at radius 1 is 1.03 bits per heavy atom. The van der Waals surface area contributed by atoms with Crippen LogP contribution in [0.2, 0.25) is 0 Å². The minimum atomic E-state index is -4.18. The summed E-state index contributed by atoms with van der Waals surface area (Å²) >= 11 is 0. The second kappa shape index (κ2) is 9.10. The Morgan fingerprint density at radius 3 is 2.33 bits per heavy atom. The van der Waals surface area contributed by atoms with Crippen LogP contribution in [-0.2, 0) is 14.8 Å². The number of aryl methyl sites for hydroxylation is 1. The summed E-state index contributed by atoms with van der Waals surface area (Å²) in [7, 11) is -4.18. The van der Waals surface area contributed by atoms with Gasteiger partial charge < -0.3 is 14.8 Å². The molecular formula is C21H26FN5O5S. The highest BCUT2D eigenvalue weighted by Gasteiger charge is 2.37. The quantitative estimate of drug-likeness (QED) is 0.648. The van der Waals surface area contributed by atoms with Crippen molar-refractivity contribution in [3.05, 3.63) is 56.6 Å². The van der Waals surface area contributed by atoms with Gasteiger partial charge in [-0.05, 0) is 44.0 Å². The average molecular weight is 480 g/mol. The van der Waals surface area contributed by atoms with Gasteiger partial charge in [-0.3, -0.25) is 14.6 Å². The summed E-state index contributed by atoms with van der Waals surface area (Å²) in [5, 5.41) is 0. The molecule has 0 radical (unpaired) electrons. The molecule has 10 nitrogen and oxygen atoms in total. The molecule has 0 saturated carbocycles. The second-order valence-corrected chi connectivity index (χ2v) is 10.2. The van der Waals surface area contributed by atoms with Crippen molar-refractivity contribution < 1.29 is 17.6 Å². The molecule has 3 heterocycles. The number of carbonyl (C=O) groups is 1. The van der Waals surface area contributed by atoms with E-state index in [1.165, 1.54) is 19.1 Å². The first kappa shape index (κ1) is 23.2. The van der Waals surface area contributed by atoms with Gasteiger partial charge in [0.05, 0.1) is 5.92 Å². The van der Waals surface area contributed by atoms with E-state index in [0.29, 0.717) is 39.0 Å². The van der Waals surface area contributed by atoms with Crippen molar-refractivity contribution in [2.45, 2.75) is 24.7 Å². The van der Waals surface area contributed by atoms with Gasteiger partial charge in [-0.25, -0.2) is 17.6 Å². The number of benzene rings is 1. The van der Waals surface area contributed by atoms with Gasteiger partial charge in [0.25, 0.3) is 5.56 Å². The molecule has 2 N–H and O–H groups in total. The molecule has 0 bridgehead atoms. The number of H-pyrrole nitrogens is 2. The van der Waals surface area contributed by atoms with Gasteiger partial charge in [-0.15, -0.1) is 0 Å². The summed E-state index contributed by atoms with van der Waals surface area (Å²) in [4.78, 5) is 44.4. The number of sulfonamides is 1. The Kier molecular flexibility index (Phi) is 6.39. The van der Waals surface area contributed by atoms with Gasteiger partial charge in [0.1, 0.15) is 5.82 Å². The first-order valence-corrected chi connectivity index (χ1v) is 12.2. The molecule has 1 aromatic heterocycles. The van der Waals surface area contributed by atoms with Crippen molar-refractivity contribution in [1.82, 2.24) is 19.2 Å². The number of piperidine rings is 1. The van der Waals surface area contributed by atoms with Crippen molar-refractivity contribution in [3.63, 3.8) is 0 Å². The molecule has 2 saturated heterocycles. The Hall–Kier alpha value is -2.99. The molecule has 4 rings (SSSR count). The third kappa shape index (κ3) is 4.71. The van der Waals surface area contributed by atoms with E-state index in [1.54, 1.807) is 17.0 Å². The minimum absolute atomic E-state index is 0.0165. The number of nitrogens with one attached hydrogen (secondary N) is 2. The van der Waals surface area contributed by atoms with Crippen LogP contribution in [0.4, 0.5) is 10.1 Å². The summed E-state index contributed by atoms with van der Waals surface area (Å²) in [6.45, 7) is 3.70. The first-order chi connectivity index (χ1) is 15.7. The van der Waals surface area contributed by atoms with Crippen LogP contribution in [-0.4, -0.2) is 72.8 Å². The SMILES string of the molecule is Cc1[nH]c(=O)[nH]c(=O)c1S(=O)(=O)N1CCC[C@H](C(=O)N2CCN(c3ccc(F)cc3)CC2)C1. The van der Waals surface area contributed by atoms with Crippen molar-refractivity contribution in [3.8, 4) is 0 Å². The first-order valence-electron chi connectivity index (χ1n) is 10.8. The Bertz CT molecular complexity index is 1250. The van der Waals surface area contributed by atoms with Gasteiger partial charge in [0, 0.05) is 50.6 Å². The summed E-state index contributed by atoms with van der Waals surface area (Å²) in [6, 6.07) is 6.21. The molecule has 12 heteroatoms. The molecule has 178 valence electrons. The van der Waals surface area contributed by atoms with Crippen LogP contribution in [0, 0.1) is 18.7 Å². The van der Waals surface area contributed by atoms with E-state index in [4.69, 9.17) is 0 Å². The molecule has 0 aliphatic carbocycles. The van der Waals surface area contributed by atoms with Gasteiger partial charge in [0.2, 0.25) is 15.9 Å². The predicted molar refractivity (Wildman–Crippen MR) is 119 cm³/mol. The second-order valence-electron chi connectivity index (χ2n) is 8.35. The molecule has 0 spiro atoms. The fourth-order valence-electron chi connectivity index (χ4n) is 4.49. The van der Waals surface area contributed by atoms with Gasteiger partial charge in [-0.1, -0.05) is 0 Å². The topological polar surface area (TPSA) is 127 Å². The van der Waals surface area contributed by atoms with Crippen LogP contribution in [0.25, 0.3) is 0 Å². The zero-order valence-electron chi connectivity index (χ0n) is 18.2. The summed E-state index contributed by atoms with van der Waals surface area (Å²) < 4.78 is 40.6. The van der Waals surface area contributed by atoms with Crippen molar-refractivity contribution in [2.75, 3.05) is 44.2 Å². The fourth-order valence-corrected chi connectivity index (χ4v) is 6.21. The predicted octanol–water partition coefficient (Wildman–Crippen LogP) is 0.260. The molecule has 2 aliphatic heterocycles. The number of aromatic nitrogens is 2. The Morgan fingerprint density at radius 2 is 1.70 bits per heavy atom. The number of anilines is 1. The van der Waals surface area contributed by atoms with E-state index in [1.807, 2.05) is 4.98 Å². The highest BCUT2D eigenvalue weighted by molar-refractivity contribution is 7.89. The smallest absolute Gasteiger partial charge is 0.325 e. The number of halogens is 1. The molecule has 2 aliphatic rings. The number of hydrogen-bond acceptors (Lipinski definition) is 6. The van der Waals surface area contributed by atoms with Crippen molar-refractivity contribution >= 4 is 21.6 Å². The lowest BCUT2D eigenvalue weighted by Crippen LogP contribution is -2.53. The number of amides is 1. The fraction of sp³-hybridized carbons (Fsp3) is 0.476. The van der Waals surface area contributed by atoms with E-state index in [9.17, 15) is 27.2 Å². The highest BCUT2D eigenvalue weighted by atomic mass is 32.2. The lowest BCUT2D eigenvalue weighted by Gasteiger charge is -2.39. The number of nitrogens with zero attached hydrogens (tertiary/aromatic N) is 3. The number of piperazine rings is 1. The zero-order valence-corrected chi connectivity index (χ0v) is 19.0. The minimum Gasteiger partial charge on any atom is -0.368 e. The van der Waals surface area contributed by atoms with Crippen molar-refractivity contribution in [1.29, 1.82) is 0 Å².